The summed E-state index contributed by atoms with van der Waals surface area (Å²) in [5.74, 6) is -0.601. The second kappa shape index (κ2) is 9.34. The number of fused-ring (bicyclic) bond motifs is 1. The van der Waals surface area contributed by atoms with Gasteiger partial charge >= 0.3 is 0 Å². The molecule has 1 heterocycles. The molecule has 0 radical (unpaired) electrons. The summed E-state index contributed by atoms with van der Waals surface area (Å²) in [6.07, 6.45) is 4.49. The molecule has 0 saturated heterocycles. The van der Waals surface area contributed by atoms with Gasteiger partial charge < -0.3 is 5.11 Å². The molecule has 0 atom stereocenters. The Morgan fingerprint density at radius 1 is 1.06 bits per heavy atom. The Morgan fingerprint density at radius 3 is 2.56 bits per heavy atom. The van der Waals surface area contributed by atoms with Gasteiger partial charge in [-0.25, -0.2) is 9.87 Å². The van der Waals surface area contributed by atoms with E-state index in [0.717, 1.165) is 50.1 Å². The Kier molecular flexibility index (Phi) is 6.35. The Morgan fingerprint density at radius 2 is 1.84 bits per heavy atom. The maximum absolute atomic E-state index is 13.7. The SMILES string of the molecule is Cc1cc(F)ccc1-c1sc2cc(O)ccc2c1CCc1ccc(/C=C/C(=O)NO)cc1. The molecule has 0 aliphatic rings. The highest BCUT2D eigenvalue weighted by atomic mass is 32.1. The van der Waals surface area contributed by atoms with Gasteiger partial charge in [0.05, 0.1) is 0 Å². The summed E-state index contributed by atoms with van der Waals surface area (Å²) in [4.78, 5) is 12.2. The molecule has 0 aliphatic heterocycles. The summed E-state index contributed by atoms with van der Waals surface area (Å²) in [5.41, 5.74) is 6.64. The van der Waals surface area contributed by atoms with E-state index in [2.05, 4.69) is 0 Å². The van der Waals surface area contributed by atoms with E-state index in [1.165, 1.54) is 17.7 Å². The Labute approximate surface area is 189 Å². The molecule has 162 valence electrons. The molecule has 4 nitrogen and oxygen atoms in total. The largest absolute Gasteiger partial charge is 0.508 e. The first-order chi connectivity index (χ1) is 15.4. The molecule has 0 saturated carbocycles. The van der Waals surface area contributed by atoms with Gasteiger partial charge in [0.2, 0.25) is 0 Å². The molecule has 3 N–H and O–H groups in total. The van der Waals surface area contributed by atoms with Crippen LogP contribution in [-0.4, -0.2) is 16.2 Å². The highest BCUT2D eigenvalue weighted by molar-refractivity contribution is 7.22. The van der Waals surface area contributed by atoms with Gasteiger partial charge in [-0.15, -0.1) is 11.3 Å². The zero-order chi connectivity index (χ0) is 22.7. The predicted octanol–water partition coefficient (Wildman–Crippen LogP) is 6.03. The number of hydrogen-bond donors (Lipinski definition) is 3. The van der Waals surface area contributed by atoms with Gasteiger partial charge in [0, 0.05) is 15.7 Å². The number of carbonyl (C=O) groups excluding carboxylic acids is 1. The first-order valence-corrected chi connectivity index (χ1v) is 11.0. The van der Waals surface area contributed by atoms with Crippen molar-refractivity contribution in [3.8, 4) is 16.2 Å². The molecule has 32 heavy (non-hydrogen) atoms. The maximum atomic E-state index is 13.7. The van der Waals surface area contributed by atoms with Gasteiger partial charge in [-0.3, -0.25) is 10.0 Å². The van der Waals surface area contributed by atoms with E-state index in [0.29, 0.717) is 0 Å². The number of halogens is 1. The van der Waals surface area contributed by atoms with Crippen LogP contribution in [0.1, 0.15) is 22.3 Å². The number of rotatable bonds is 6. The summed E-state index contributed by atoms with van der Waals surface area (Å²) in [6, 6.07) is 18.1. The lowest BCUT2D eigenvalue weighted by Gasteiger charge is -2.09. The minimum absolute atomic E-state index is 0.228. The summed E-state index contributed by atoms with van der Waals surface area (Å²) in [6.45, 7) is 1.91. The molecule has 0 fully saturated rings. The Hall–Kier alpha value is -3.48. The number of nitrogens with one attached hydrogen (secondary N) is 1. The summed E-state index contributed by atoms with van der Waals surface area (Å²) < 4.78 is 14.7. The van der Waals surface area contributed by atoms with Crippen molar-refractivity contribution < 1.29 is 19.5 Å². The lowest BCUT2D eigenvalue weighted by atomic mass is 9.97. The monoisotopic (exact) mass is 447 g/mol. The standard InChI is InChI=1S/C26H22FNO3S/c1-16-14-19(27)8-11-21(16)26-23(22-12-9-20(29)15-24(22)32-26)10-6-17-2-4-18(5-3-17)7-13-25(30)28-31/h2-5,7-9,11-15,29,31H,6,10H2,1H3,(H,28,30)/b13-7+. The number of phenols is 1. The van der Waals surface area contributed by atoms with Crippen molar-refractivity contribution in [3.63, 3.8) is 0 Å². The van der Waals surface area contributed by atoms with E-state index in [1.807, 2.05) is 43.3 Å². The van der Waals surface area contributed by atoms with Gasteiger partial charge in [-0.2, -0.15) is 0 Å². The number of benzene rings is 3. The number of aryl methyl sites for hydroxylation is 3. The van der Waals surface area contributed by atoms with Crippen molar-refractivity contribution >= 4 is 33.4 Å². The number of hydroxylamine groups is 1. The van der Waals surface area contributed by atoms with Crippen LogP contribution in [0.4, 0.5) is 4.39 Å². The van der Waals surface area contributed by atoms with Gasteiger partial charge in [0.25, 0.3) is 5.91 Å². The van der Waals surface area contributed by atoms with Crippen molar-refractivity contribution in [1.82, 2.24) is 5.48 Å². The summed E-state index contributed by atoms with van der Waals surface area (Å²) >= 11 is 1.61. The van der Waals surface area contributed by atoms with Crippen LogP contribution in [0.15, 0.2) is 66.7 Å². The molecule has 0 spiro atoms. The first kappa shape index (κ1) is 21.7. The number of hydrogen-bond acceptors (Lipinski definition) is 4. The van der Waals surface area contributed by atoms with E-state index in [9.17, 15) is 14.3 Å². The average Bonchev–Trinajstić information content (AvgIpc) is 3.13. The Balaban J connectivity index is 1.64. The molecular formula is C26H22FNO3S. The highest BCUT2D eigenvalue weighted by Gasteiger charge is 2.16. The first-order valence-electron chi connectivity index (χ1n) is 10.2. The fraction of sp³-hybridized carbons (Fsp3) is 0.115. The summed E-state index contributed by atoms with van der Waals surface area (Å²) in [5, 5.41) is 19.6. The highest BCUT2D eigenvalue weighted by Crippen LogP contribution is 2.41. The van der Waals surface area contributed by atoms with Gasteiger partial charge in [-0.1, -0.05) is 30.3 Å². The zero-order valence-corrected chi connectivity index (χ0v) is 18.2. The second-order valence-electron chi connectivity index (χ2n) is 7.60. The number of phenolic OH excluding ortho intramolecular Hbond substituents is 1. The van der Waals surface area contributed by atoms with E-state index in [4.69, 9.17) is 5.21 Å². The average molecular weight is 448 g/mol. The van der Waals surface area contributed by atoms with Crippen molar-refractivity contribution in [3.05, 3.63) is 94.8 Å². The molecule has 4 aromatic rings. The summed E-state index contributed by atoms with van der Waals surface area (Å²) in [7, 11) is 0. The minimum atomic E-state index is -0.576. The van der Waals surface area contributed by atoms with Crippen LogP contribution in [0.5, 0.6) is 5.75 Å². The van der Waals surface area contributed by atoms with E-state index < -0.39 is 5.91 Å². The van der Waals surface area contributed by atoms with E-state index >= 15 is 0 Å². The lowest BCUT2D eigenvalue weighted by molar-refractivity contribution is -0.124. The van der Waals surface area contributed by atoms with Crippen LogP contribution < -0.4 is 5.48 Å². The molecule has 1 amide bonds. The van der Waals surface area contributed by atoms with Crippen LogP contribution in [0.2, 0.25) is 0 Å². The van der Waals surface area contributed by atoms with Crippen molar-refractivity contribution in [2.45, 2.75) is 19.8 Å². The van der Waals surface area contributed by atoms with E-state index in [1.54, 1.807) is 41.1 Å². The molecule has 6 heteroatoms. The number of carbonyl (C=O) groups is 1. The second-order valence-corrected chi connectivity index (χ2v) is 8.65. The maximum Gasteiger partial charge on any atom is 0.267 e. The molecule has 0 bridgehead atoms. The van der Waals surface area contributed by atoms with Crippen molar-refractivity contribution in [2.24, 2.45) is 0 Å². The Bertz CT molecular complexity index is 1310. The van der Waals surface area contributed by atoms with Crippen LogP contribution >= 0.6 is 11.3 Å². The molecular weight excluding hydrogens is 425 g/mol. The number of amides is 1. The quantitative estimate of drug-likeness (QED) is 0.192. The molecule has 4 rings (SSSR count). The molecule has 0 unspecified atom stereocenters. The van der Waals surface area contributed by atoms with Crippen LogP contribution in [-0.2, 0) is 17.6 Å². The molecule has 3 aromatic carbocycles. The van der Waals surface area contributed by atoms with Crippen LogP contribution in [0.25, 0.3) is 26.6 Å². The normalized spacial score (nSPS) is 11.3. The topological polar surface area (TPSA) is 69.6 Å². The minimum Gasteiger partial charge on any atom is -0.508 e. The number of thiophene rings is 1. The van der Waals surface area contributed by atoms with E-state index in [-0.39, 0.29) is 11.6 Å². The third kappa shape index (κ3) is 4.72. The van der Waals surface area contributed by atoms with Crippen LogP contribution in [0, 0.1) is 12.7 Å². The van der Waals surface area contributed by atoms with Crippen molar-refractivity contribution in [2.75, 3.05) is 0 Å². The molecule has 0 aliphatic carbocycles. The van der Waals surface area contributed by atoms with Crippen LogP contribution in [0.3, 0.4) is 0 Å². The fourth-order valence-corrected chi connectivity index (χ4v) is 5.14. The third-order valence-electron chi connectivity index (χ3n) is 5.39. The van der Waals surface area contributed by atoms with Gasteiger partial charge in [0.1, 0.15) is 11.6 Å². The third-order valence-corrected chi connectivity index (χ3v) is 6.62. The fourth-order valence-electron chi connectivity index (χ4n) is 3.76. The van der Waals surface area contributed by atoms with Gasteiger partial charge in [0.15, 0.2) is 0 Å². The lowest BCUT2D eigenvalue weighted by Crippen LogP contribution is -2.14. The smallest absolute Gasteiger partial charge is 0.267 e. The zero-order valence-electron chi connectivity index (χ0n) is 17.4. The predicted molar refractivity (Wildman–Crippen MR) is 126 cm³/mol. The van der Waals surface area contributed by atoms with Gasteiger partial charge in [-0.05, 0) is 89.4 Å². The number of aromatic hydroxyl groups is 1. The van der Waals surface area contributed by atoms with Crippen molar-refractivity contribution in [1.29, 1.82) is 0 Å². The molecule has 1 aromatic heterocycles.